The topological polar surface area (TPSA) is 47.0 Å². The molecule has 0 bridgehead atoms. The van der Waals surface area contributed by atoms with E-state index in [1.807, 2.05) is 32.0 Å². The number of hydrogen-bond acceptors (Lipinski definition) is 3. The molecule has 2 aromatic rings. The van der Waals surface area contributed by atoms with Crippen molar-refractivity contribution in [2.75, 3.05) is 0 Å². The highest BCUT2D eigenvalue weighted by Gasteiger charge is 2.10. The van der Waals surface area contributed by atoms with Crippen LogP contribution in [-0.2, 0) is 9.05 Å². The van der Waals surface area contributed by atoms with Crippen LogP contribution in [0.15, 0.2) is 41.4 Å². The SMILES string of the molecule is Cc1ccc(-c2ccc(S(=O)(=O)Cl)cn2)cc1C. The quantitative estimate of drug-likeness (QED) is 0.794. The molecular formula is C13H12ClNO2S. The lowest BCUT2D eigenvalue weighted by Gasteiger charge is -2.05. The predicted octanol–water partition coefficient (Wildman–Crippen LogP) is 3.29. The van der Waals surface area contributed by atoms with Crippen LogP contribution in [0, 0.1) is 13.8 Å². The van der Waals surface area contributed by atoms with Gasteiger partial charge in [-0.05, 0) is 43.2 Å². The predicted molar refractivity (Wildman–Crippen MR) is 72.2 cm³/mol. The summed E-state index contributed by atoms with van der Waals surface area (Å²) < 4.78 is 22.2. The number of pyridine rings is 1. The van der Waals surface area contributed by atoms with Gasteiger partial charge in [-0.25, -0.2) is 8.42 Å². The van der Waals surface area contributed by atoms with Crippen LogP contribution in [0.2, 0.25) is 0 Å². The highest BCUT2D eigenvalue weighted by Crippen LogP contribution is 2.22. The van der Waals surface area contributed by atoms with E-state index < -0.39 is 9.05 Å². The molecule has 1 heterocycles. The second-order valence-corrected chi connectivity index (χ2v) is 6.68. The van der Waals surface area contributed by atoms with E-state index in [9.17, 15) is 8.42 Å². The molecule has 0 N–H and O–H groups in total. The molecule has 0 saturated carbocycles. The Kier molecular flexibility index (Phi) is 3.41. The minimum absolute atomic E-state index is 0.0109. The molecule has 0 unspecified atom stereocenters. The van der Waals surface area contributed by atoms with Crippen molar-refractivity contribution in [1.82, 2.24) is 4.98 Å². The van der Waals surface area contributed by atoms with Gasteiger partial charge in [0.2, 0.25) is 0 Å². The van der Waals surface area contributed by atoms with Crippen molar-refractivity contribution < 1.29 is 8.42 Å². The maximum absolute atomic E-state index is 11.1. The van der Waals surface area contributed by atoms with Gasteiger partial charge in [-0.15, -0.1) is 0 Å². The van der Waals surface area contributed by atoms with Gasteiger partial charge in [0, 0.05) is 22.4 Å². The monoisotopic (exact) mass is 281 g/mol. The van der Waals surface area contributed by atoms with Crippen LogP contribution in [0.5, 0.6) is 0 Å². The molecule has 0 aliphatic carbocycles. The summed E-state index contributed by atoms with van der Waals surface area (Å²) in [6.07, 6.45) is 1.27. The second-order valence-electron chi connectivity index (χ2n) is 4.12. The average molecular weight is 282 g/mol. The van der Waals surface area contributed by atoms with Gasteiger partial charge in [-0.2, -0.15) is 0 Å². The van der Waals surface area contributed by atoms with Crippen LogP contribution in [0.25, 0.3) is 11.3 Å². The Balaban J connectivity index is 2.43. The maximum atomic E-state index is 11.1. The number of halogens is 1. The summed E-state index contributed by atoms with van der Waals surface area (Å²) in [5.74, 6) is 0. The van der Waals surface area contributed by atoms with Gasteiger partial charge in [0.25, 0.3) is 9.05 Å². The third-order valence-electron chi connectivity index (χ3n) is 2.82. The lowest BCUT2D eigenvalue weighted by molar-refractivity contribution is 0.609. The Bertz CT molecular complexity index is 679. The van der Waals surface area contributed by atoms with Gasteiger partial charge in [0.05, 0.1) is 5.69 Å². The van der Waals surface area contributed by atoms with E-state index >= 15 is 0 Å². The van der Waals surface area contributed by atoms with Gasteiger partial charge < -0.3 is 0 Å². The summed E-state index contributed by atoms with van der Waals surface area (Å²) in [4.78, 5) is 4.13. The Hall–Kier alpha value is -1.39. The number of aryl methyl sites for hydroxylation is 2. The molecule has 18 heavy (non-hydrogen) atoms. The van der Waals surface area contributed by atoms with E-state index in [1.54, 1.807) is 6.07 Å². The Labute approximate surface area is 111 Å². The second kappa shape index (κ2) is 4.71. The first-order valence-corrected chi connectivity index (χ1v) is 7.67. The van der Waals surface area contributed by atoms with Crippen LogP contribution in [0.4, 0.5) is 0 Å². The van der Waals surface area contributed by atoms with E-state index in [1.165, 1.54) is 23.4 Å². The van der Waals surface area contributed by atoms with Crippen molar-refractivity contribution in [3.63, 3.8) is 0 Å². The highest BCUT2D eigenvalue weighted by atomic mass is 35.7. The van der Waals surface area contributed by atoms with Crippen molar-refractivity contribution in [2.45, 2.75) is 18.7 Å². The van der Waals surface area contributed by atoms with E-state index in [2.05, 4.69) is 4.98 Å². The molecule has 1 aromatic carbocycles. The Morgan fingerprint density at radius 2 is 1.78 bits per heavy atom. The molecule has 0 aliphatic rings. The van der Waals surface area contributed by atoms with Crippen LogP contribution < -0.4 is 0 Å². The van der Waals surface area contributed by atoms with Crippen LogP contribution in [0.1, 0.15) is 11.1 Å². The summed E-state index contributed by atoms with van der Waals surface area (Å²) in [6.45, 7) is 4.06. The summed E-state index contributed by atoms with van der Waals surface area (Å²) in [7, 11) is 1.53. The first-order valence-electron chi connectivity index (χ1n) is 5.36. The fourth-order valence-electron chi connectivity index (χ4n) is 1.60. The van der Waals surface area contributed by atoms with Gasteiger partial charge in [0.15, 0.2) is 0 Å². The zero-order valence-electron chi connectivity index (χ0n) is 10.0. The highest BCUT2D eigenvalue weighted by molar-refractivity contribution is 8.13. The number of benzene rings is 1. The molecule has 94 valence electrons. The molecule has 0 aliphatic heterocycles. The van der Waals surface area contributed by atoms with E-state index in [4.69, 9.17) is 10.7 Å². The first kappa shape index (κ1) is 13.1. The Morgan fingerprint density at radius 3 is 2.28 bits per heavy atom. The van der Waals surface area contributed by atoms with E-state index in [0.29, 0.717) is 0 Å². The fraction of sp³-hybridized carbons (Fsp3) is 0.154. The standard InChI is InChI=1S/C13H12ClNO2S/c1-9-3-4-11(7-10(9)2)13-6-5-12(8-15-13)18(14,16)17/h3-8H,1-2H3. The summed E-state index contributed by atoms with van der Waals surface area (Å²) in [5.41, 5.74) is 4.06. The average Bonchev–Trinajstić information content (AvgIpc) is 2.32. The van der Waals surface area contributed by atoms with E-state index in [-0.39, 0.29) is 4.90 Å². The van der Waals surface area contributed by atoms with Gasteiger partial charge in [-0.3, -0.25) is 4.98 Å². The van der Waals surface area contributed by atoms with Crippen molar-refractivity contribution in [3.8, 4) is 11.3 Å². The molecule has 0 amide bonds. The normalized spacial score (nSPS) is 11.5. The third-order valence-corrected chi connectivity index (χ3v) is 4.16. The zero-order chi connectivity index (χ0) is 13.3. The number of hydrogen-bond donors (Lipinski definition) is 0. The number of aromatic nitrogens is 1. The van der Waals surface area contributed by atoms with Gasteiger partial charge in [0.1, 0.15) is 4.90 Å². The largest absolute Gasteiger partial charge is 0.262 e. The molecule has 0 fully saturated rings. The third kappa shape index (κ3) is 2.71. The molecule has 2 rings (SSSR count). The summed E-state index contributed by atoms with van der Waals surface area (Å²) >= 11 is 0. The molecule has 0 atom stereocenters. The van der Waals surface area contributed by atoms with Crippen molar-refractivity contribution in [1.29, 1.82) is 0 Å². The van der Waals surface area contributed by atoms with E-state index in [0.717, 1.165) is 11.3 Å². The first-order chi connectivity index (χ1) is 8.38. The minimum Gasteiger partial charge on any atom is -0.255 e. The molecule has 0 saturated heterocycles. The lowest BCUT2D eigenvalue weighted by atomic mass is 10.0. The smallest absolute Gasteiger partial charge is 0.255 e. The Morgan fingerprint density at radius 1 is 1.06 bits per heavy atom. The van der Waals surface area contributed by atoms with Crippen molar-refractivity contribution in [3.05, 3.63) is 47.7 Å². The molecular weight excluding hydrogens is 270 g/mol. The fourth-order valence-corrected chi connectivity index (χ4v) is 2.28. The molecule has 0 spiro atoms. The lowest BCUT2D eigenvalue weighted by Crippen LogP contribution is -1.93. The summed E-state index contributed by atoms with van der Waals surface area (Å²) in [5, 5.41) is 0. The molecule has 3 nitrogen and oxygen atoms in total. The van der Waals surface area contributed by atoms with Gasteiger partial charge in [-0.1, -0.05) is 12.1 Å². The van der Waals surface area contributed by atoms with Crippen molar-refractivity contribution >= 4 is 19.7 Å². The van der Waals surface area contributed by atoms with Gasteiger partial charge >= 0.3 is 0 Å². The minimum atomic E-state index is -3.71. The zero-order valence-corrected chi connectivity index (χ0v) is 11.6. The molecule has 1 aromatic heterocycles. The molecule has 0 radical (unpaired) electrons. The maximum Gasteiger partial charge on any atom is 0.262 e. The summed E-state index contributed by atoms with van der Waals surface area (Å²) in [6, 6.07) is 9.10. The van der Waals surface area contributed by atoms with Crippen LogP contribution in [-0.4, -0.2) is 13.4 Å². The van der Waals surface area contributed by atoms with Crippen LogP contribution in [0.3, 0.4) is 0 Å². The van der Waals surface area contributed by atoms with Crippen LogP contribution >= 0.6 is 10.7 Å². The number of nitrogens with zero attached hydrogens (tertiary/aromatic N) is 1. The molecule has 5 heteroatoms. The van der Waals surface area contributed by atoms with Crippen molar-refractivity contribution in [2.24, 2.45) is 0 Å². The number of rotatable bonds is 2.